The molecule has 1 unspecified atom stereocenters. The molecule has 2 rings (SSSR count). The van der Waals surface area contributed by atoms with Crippen LogP contribution in [0, 0.1) is 0 Å². The Balaban J connectivity index is 2.06. The molecule has 15 heavy (non-hydrogen) atoms. The van der Waals surface area contributed by atoms with E-state index in [4.69, 9.17) is 4.74 Å². The lowest BCUT2D eigenvalue weighted by molar-refractivity contribution is -0.174. The fourth-order valence-corrected chi connectivity index (χ4v) is 1.54. The molecular formula is C11H13NO3. The predicted molar refractivity (Wildman–Crippen MR) is 53.6 cm³/mol. The lowest BCUT2D eigenvalue weighted by atomic mass is 10.2. The number of nitrogens with zero attached hydrogens (tertiary/aromatic N) is 1. The van der Waals surface area contributed by atoms with E-state index in [0.717, 1.165) is 5.56 Å². The Labute approximate surface area is 88.1 Å². The van der Waals surface area contributed by atoms with E-state index in [1.165, 1.54) is 11.8 Å². The Hall–Kier alpha value is -1.39. The fourth-order valence-electron chi connectivity index (χ4n) is 1.54. The van der Waals surface area contributed by atoms with Crippen molar-refractivity contribution >= 4 is 5.91 Å². The Kier molecular flexibility index (Phi) is 2.46. The van der Waals surface area contributed by atoms with E-state index < -0.39 is 5.79 Å². The van der Waals surface area contributed by atoms with E-state index in [1.54, 1.807) is 0 Å². The number of amides is 1. The molecule has 1 amide bonds. The normalized spacial score (nSPS) is 26.0. The quantitative estimate of drug-likeness (QED) is 0.777. The van der Waals surface area contributed by atoms with Crippen molar-refractivity contribution in [3.8, 4) is 0 Å². The SMILES string of the molecule is CC1(O)OCN(Cc2ccccc2)C1=O. The van der Waals surface area contributed by atoms with Crippen LogP contribution < -0.4 is 0 Å². The van der Waals surface area contributed by atoms with Crippen molar-refractivity contribution in [1.82, 2.24) is 4.90 Å². The molecule has 1 N–H and O–H groups in total. The summed E-state index contributed by atoms with van der Waals surface area (Å²) < 4.78 is 4.97. The Morgan fingerprint density at radius 3 is 2.67 bits per heavy atom. The van der Waals surface area contributed by atoms with Crippen molar-refractivity contribution in [3.05, 3.63) is 35.9 Å². The van der Waals surface area contributed by atoms with E-state index in [0.29, 0.717) is 6.54 Å². The standard InChI is InChI=1S/C11H13NO3/c1-11(14)10(13)12(8-15-11)7-9-5-3-2-4-6-9/h2-6,14H,7-8H2,1H3. The van der Waals surface area contributed by atoms with Crippen LogP contribution in [0.4, 0.5) is 0 Å². The van der Waals surface area contributed by atoms with Crippen LogP contribution in [0.15, 0.2) is 30.3 Å². The average Bonchev–Trinajstić information content (AvgIpc) is 2.47. The number of rotatable bonds is 2. The third kappa shape index (κ3) is 2.00. The molecule has 0 spiro atoms. The zero-order chi connectivity index (χ0) is 10.9. The molecule has 0 radical (unpaired) electrons. The van der Waals surface area contributed by atoms with Gasteiger partial charge >= 0.3 is 0 Å². The van der Waals surface area contributed by atoms with Crippen LogP contribution in [-0.2, 0) is 16.1 Å². The van der Waals surface area contributed by atoms with Gasteiger partial charge in [0.2, 0.25) is 5.79 Å². The van der Waals surface area contributed by atoms with Crippen LogP contribution in [0.1, 0.15) is 12.5 Å². The van der Waals surface area contributed by atoms with Crippen LogP contribution in [0.3, 0.4) is 0 Å². The first-order valence-electron chi connectivity index (χ1n) is 4.79. The van der Waals surface area contributed by atoms with Crippen LogP contribution in [-0.4, -0.2) is 28.4 Å². The number of carbonyl (C=O) groups is 1. The van der Waals surface area contributed by atoms with Gasteiger partial charge in [0.15, 0.2) is 0 Å². The molecule has 4 nitrogen and oxygen atoms in total. The van der Waals surface area contributed by atoms with Crippen LogP contribution in [0.2, 0.25) is 0 Å². The molecule has 4 heteroatoms. The van der Waals surface area contributed by atoms with Crippen LogP contribution in [0.25, 0.3) is 0 Å². The van der Waals surface area contributed by atoms with Gasteiger partial charge in [0.1, 0.15) is 6.73 Å². The van der Waals surface area contributed by atoms with Crippen molar-refractivity contribution in [3.63, 3.8) is 0 Å². The van der Waals surface area contributed by atoms with Crippen molar-refractivity contribution in [2.45, 2.75) is 19.3 Å². The molecule has 0 saturated carbocycles. The number of hydrogen-bond donors (Lipinski definition) is 1. The molecule has 1 atom stereocenters. The van der Waals surface area contributed by atoms with E-state index in [-0.39, 0.29) is 12.6 Å². The summed E-state index contributed by atoms with van der Waals surface area (Å²) in [4.78, 5) is 13.1. The van der Waals surface area contributed by atoms with Gasteiger partial charge in [0.05, 0.1) is 0 Å². The Morgan fingerprint density at radius 2 is 2.13 bits per heavy atom. The largest absolute Gasteiger partial charge is 0.358 e. The highest BCUT2D eigenvalue weighted by Crippen LogP contribution is 2.20. The number of hydrogen-bond acceptors (Lipinski definition) is 3. The topological polar surface area (TPSA) is 49.8 Å². The molecule has 1 saturated heterocycles. The zero-order valence-corrected chi connectivity index (χ0v) is 8.51. The lowest BCUT2D eigenvalue weighted by Gasteiger charge is -2.15. The monoisotopic (exact) mass is 207 g/mol. The van der Waals surface area contributed by atoms with Crippen molar-refractivity contribution < 1.29 is 14.6 Å². The van der Waals surface area contributed by atoms with Gasteiger partial charge in [-0.2, -0.15) is 0 Å². The van der Waals surface area contributed by atoms with E-state index in [2.05, 4.69) is 0 Å². The highest BCUT2D eigenvalue weighted by Gasteiger charge is 2.42. The maximum absolute atomic E-state index is 11.6. The maximum atomic E-state index is 11.6. The molecule has 1 aliphatic rings. The van der Waals surface area contributed by atoms with Gasteiger partial charge in [0, 0.05) is 6.54 Å². The summed E-state index contributed by atoms with van der Waals surface area (Å²) >= 11 is 0. The Morgan fingerprint density at radius 1 is 1.47 bits per heavy atom. The first-order valence-corrected chi connectivity index (χ1v) is 4.79. The van der Waals surface area contributed by atoms with Crippen molar-refractivity contribution in [1.29, 1.82) is 0 Å². The van der Waals surface area contributed by atoms with Crippen molar-refractivity contribution in [2.75, 3.05) is 6.73 Å². The molecule has 1 aromatic carbocycles. The summed E-state index contributed by atoms with van der Waals surface area (Å²) in [6.45, 7) is 1.97. The summed E-state index contributed by atoms with van der Waals surface area (Å²) in [5.41, 5.74) is 1.02. The number of ether oxygens (including phenoxy) is 1. The highest BCUT2D eigenvalue weighted by atomic mass is 16.7. The third-order valence-electron chi connectivity index (χ3n) is 2.40. The highest BCUT2D eigenvalue weighted by molar-refractivity contribution is 5.84. The van der Waals surface area contributed by atoms with Crippen LogP contribution in [0.5, 0.6) is 0 Å². The average molecular weight is 207 g/mol. The zero-order valence-electron chi connectivity index (χ0n) is 8.51. The third-order valence-corrected chi connectivity index (χ3v) is 2.40. The predicted octanol–water partition coefficient (Wildman–Crippen LogP) is 0.711. The molecular weight excluding hydrogens is 194 g/mol. The molecule has 0 aromatic heterocycles. The van der Waals surface area contributed by atoms with E-state index >= 15 is 0 Å². The minimum absolute atomic E-state index is 0.140. The number of carbonyl (C=O) groups excluding carboxylic acids is 1. The summed E-state index contributed by atoms with van der Waals surface area (Å²) in [7, 11) is 0. The first-order chi connectivity index (χ1) is 7.09. The second-order valence-electron chi connectivity index (χ2n) is 3.75. The van der Waals surface area contributed by atoms with Gasteiger partial charge in [-0.15, -0.1) is 0 Å². The maximum Gasteiger partial charge on any atom is 0.284 e. The van der Waals surface area contributed by atoms with Gasteiger partial charge in [-0.1, -0.05) is 30.3 Å². The number of aliphatic hydroxyl groups is 1. The van der Waals surface area contributed by atoms with Gasteiger partial charge in [-0.3, -0.25) is 4.79 Å². The molecule has 1 fully saturated rings. The molecule has 0 aliphatic carbocycles. The summed E-state index contributed by atoms with van der Waals surface area (Å²) in [5, 5.41) is 9.50. The molecule has 0 bridgehead atoms. The fraction of sp³-hybridized carbons (Fsp3) is 0.364. The van der Waals surface area contributed by atoms with Gasteiger partial charge in [-0.25, -0.2) is 0 Å². The summed E-state index contributed by atoms with van der Waals surface area (Å²) in [6.07, 6.45) is 0. The van der Waals surface area contributed by atoms with Gasteiger partial charge in [0.25, 0.3) is 5.91 Å². The van der Waals surface area contributed by atoms with Gasteiger partial charge in [-0.05, 0) is 12.5 Å². The summed E-state index contributed by atoms with van der Waals surface area (Å²) in [6, 6.07) is 9.60. The molecule has 1 aromatic rings. The van der Waals surface area contributed by atoms with Crippen molar-refractivity contribution in [2.24, 2.45) is 0 Å². The Bertz CT molecular complexity index is 361. The number of benzene rings is 1. The minimum atomic E-state index is -1.66. The summed E-state index contributed by atoms with van der Waals surface area (Å²) in [5.74, 6) is -2.04. The van der Waals surface area contributed by atoms with E-state index in [1.807, 2.05) is 30.3 Å². The smallest absolute Gasteiger partial charge is 0.284 e. The molecule has 80 valence electrons. The first kappa shape index (κ1) is 10.1. The lowest BCUT2D eigenvalue weighted by Crippen LogP contribution is -2.37. The van der Waals surface area contributed by atoms with Gasteiger partial charge < -0.3 is 14.7 Å². The molecule has 1 aliphatic heterocycles. The second-order valence-corrected chi connectivity index (χ2v) is 3.75. The van der Waals surface area contributed by atoms with E-state index in [9.17, 15) is 9.90 Å². The molecule has 1 heterocycles. The van der Waals surface area contributed by atoms with Crippen LogP contribution >= 0.6 is 0 Å². The second kappa shape index (κ2) is 3.64. The minimum Gasteiger partial charge on any atom is -0.358 e.